The number of ether oxygens (including phenoxy) is 2. The molecule has 0 fully saturated rings. The van der Waals surface area contributed by atoms with Crippen LogP contribution in [0.25, 0.3) is 0 Å². The second-order valence-electron chi connectivity index (χ2n) is 4.72. The largest absolute Gasteiger partial charge is 0.389 e. The van der Waals surface area contributed by atoms with Crippen LogP contribution < -0.4 is 10.6 Å². The summed E-state index contributed by atoms with van der Waals surface area (Å²) in [7, 11) is 1.65. The minimum absolute atomic E-state index is 0. The van der Waals surface area contributed by atoms with E-state index in [0.29, 0.717) is 44.8 Å². The Morgan fingerprint density at radius 3 is 2.50 bits per heavy atom. The maximum atomic E-state index is 9.74. The predicted octanol–water partition coefficient (Wildman–Crippen LogP) is 0.839. The highest BCUT2D eigenvalue weighted by Crippen LogP contribution is 1.94. The SMILES string of the molecule is CCNC(=NCC(O)COCC(C)C)NCCOC.I. The Labute approximate surface area is 139 Å². The van der Waals surface area contributed by atoms with Crippen LogP contribution >= 0.6 is 24.0 Å². The third-order valence-corrected chi connectivity index (χ3v) is 2.16. The van der Waals surface area contributed by atoms with E-state index in [2.05, 4.69) is 29.5 Å². The first-order valence-corrected chi connectivity index (χ1v) is 6.87. The summed E-state index contributed by atoms with van der Waals surface area (Å²) in [6.45, 7) is 9.52. The fraction of sp³-hybridized carbons (Fsp3) is 0.923. The van der Waals surface area contributed by atoms with Gasteiger partial charge in [0.25, 0.3) is 0 Å². The van der Waals surface area contributed by atoms with Gasteiger partial charge < -0.3 is 25.2 Å². The van der Waals surface area contributed by atoms with Crippen molar-refractivity contribution in [2.75, 3.05) is 46.6 Å². The zero-order valence-electron chi connectivity index (χ0n) is 13.0. The van der Waals surface area contributed by atoms with Crippen LogP contribution in [0.3, 0.4) is 0 Å². The standard InChI is InChI=1S/C13H29N3O3.HI/c1-5-14-13(15-6-7-18-4)16-8-12(17)10-19-9-11(2)3;/h11-12,17H,5-10H2,1-4H3,(H2,14,15,16);1H. The number of methoxy groups -OCH3 is 1. The highest BCUT2D eigenvalue weighted by atomic mass is 127. The average molecular weight is 403 g/mol. The minimum atomic E-state index is -0.573. The van der Waals surface area contributed by atoms with Crippen LogP contribution in [-0.4, -0.2) is 63.7 Å². The fourth-order valence-electron chi connectivity index (χ4n) is 1.30. The van der Waals surface area contributed by atoms with Crippen LogP contribution in [0.2, 0.25) is 0 Å². The van der Waals surface area contributed by atoms with Crippen molar-refractivity contribution in [2.45, 2.75) is 26.9 Å². The van der Waals surface area contributed by atoms with Gasteiger partial charge in [-0.15, -0.1) is 24.0 Å². The maximum Gasteiger partial charge on any atom is 0.191 e. The van der Waals surface area contributed by atoms with Crippen molar-refractivity contribution in [1.82, 2.24) is 10.6 Å². The van der Waals surface area contributed by atoms with E-state index in [1.807, 2.05) is 6.92 Å². The Balaban J connectivity index is 0. The highest BCUT2D eigenvalue weighted by molar-refractivity contribution is 14.0. The normalized spacial score (nSPS) is 13.0. The molecule has 0 aliphatic heterocycles. The van der Waals surface area contributed by atoms with Gasteiger partial charge >= 0.3 is 0 Å². The molecule has 0 aromatic carbocycles. The van der Waals surface area contributed by atoms with Crippen molar-refractivity contribution in [3.63, 3.8) is 0 Å². The maximum absolute atomic E-state index is 9.74. The van der Waals surface area contributed by atoms with Crippen LogP contribution in [0.15, 0.2) is 4.99 Å². The van der Waals surface area contributed by atoms with Crippen molar-refractivity contribution >= 4 is 29.9 Å². The van der Waals surface area contributed by atoms with E-state index >= 15 is 0 Å². The van der Waals surface area contributed by atoms with Gasteiger partial charge in [0.2, 0.25) is 0 Å². The van der Waals surface area contributed by atoms with E-state index in [0.717, 1.165) is 6.54 Å². The Hall–Kier alpha value is -0.120. The molecular weight excluding hydrogens is 373 g/mol. The van der Waals surface area contributed by atoms with Gasteiger partial charge in [-0.3, -0.25) is 4.99 Å². The van der Waals surface area contributed by atoms with Crippen molar-refractivity contribution in [3.8, 4) is 0 Å². The second kappa shape index (κ2) is 15.3. The molecule has 1 unspecified atom stereocenters. The van der Waals surface area contributed by atoms with Crippen molar-refractivity contribution < 1.29 is 14.6 Å². The number of nitrogens with one attached hydrogen (secondary N) is 2. The van der Waals surface area contributed by atoms with Gasteiger partial charge in [-0.1, -0.05) is 13.8 Å². The summed E-state index contributed by atoms with van der Waals surface area (Å²) in [6.07, 6.45) is -0.573. The number of aliphatic hydroxyl groups is 1. The molecule has 0 saturated heterocycles. The third-order valence-electron chi connectivity index (χ3n) is 2.16. The van der Waals surface area contributed by atoms with Crippen molar-refractivity contribution in [3.05, 3.63) is 0 Å². The van der Waals surface area contributed by atoms with Crippen LogP contribution in [0.4, 0.5) is 0 Å². The van der Waals surface area contributed by atoms with Gasteiger partial charge in [0, 0.05) is 26.8 Å². The van der Waals surface area contributed by atoms with Gasteiger partial charge in [-0.2, -0.15) is 0 Å². The van der Waals surface area contributed by atoms with E-state index in [-0.39, 0.29) is 24.0 Å². The highest BCUT2D eigenvalue weighted by Gasteiger charge is 2.05. The Morgan fingerprint density at radius 1 is 1.25 bits per heavy atom. The Bertz CT molecular complexity index is 241. The monoisotopic (exact) mass is 403 g/mol. The van der Waals surface area contributed by atoms with Crippen LogP contribution in [0.1, 0.15) is 20.8 Å². The van der Waals surface area contributed by atoms with E-state index in [4.69, 9.17) is 9.47 Å². The summed E-state index contributed by atoms with van der Waals surface area (Å²) in [6, 6.07) is 0. The summed E-state index contributed by atoms with van der Waals surface area (Å²) in [5.74, 6) is 1.16. The van der Waals surface area contributed by atoms with E-state index in [1.165, 1.54) is 0 Å². The first-order valence-electron chi connectivity index (χ1n) is 6.87. The zero-order chi connectivity index (χ0) is 14.5. The first kappa shape index (κ1) is 22.2. The van der Waals surface area contributed by atoms with Gasteiger partial charge in [0.1, 0.15) is 0 Å². The van der Waals surface area contributed by atoms with Crippen molar-refractivity contribution in [1.29, 1.82) is 0 Å². The number of hydrogen-bond acceptors (Lipinski definition) is 4. The average Bonchev–Trinajstić information content (AvgIpc) is 2.35. The lowest BCUT2D eigenvalue weighted by Gasteiger charge is -2.13. The van der Waals surface area contributed by atoms with Crippen molar-refractivity contribution in [2.24, 2.45) is 10.9 Å². The first-order chi connectivity index (χ1) is 9.10. The summed E-state index contributed by atoms with van der Waals surface area (Å²) in [4.78, 5) is 4.29. The number of aliphatic imine (C=N–C) groups is 1. The number of nitrogens with zero attached hydrogens (tertiary/aromatic N) is 1. The van der Waals surface area contributed by atoms with Crippen LogP contribution in [0.5, 0.6) is 0 Å². The molecule has 0 aliphatic carbocycles. The molecule has 6 nitrogen and oxygen atoms in total. The number of halogens is 1. The fourth-order valence-corrected chi connectivity index (χ4v) is 1.30. The molecule has 3 N–H and O–H groups in total. The lowest BCUT2D eigenvalue weighted by molar-refractivity contribution is 0.0301. The van der Waals surface area contributed by atoms with Crippen LogP contribution in [0, 0.1) is 5.92 Å². The van der Waals surface area contributed by atoms with Gasteiger partial charge in [-0.05, 0) is 12.8 Å². The smallest absolute Gasteiger partial charge is 0.191 e. The molecule has 0 bridgehead atoms. The van der Waals surface area contributed by atoms with E-state index < -0.39 is 6.10 Å². The van der Waals surface area contributed by atoms with Gasteiger partial charge in [-0.25, -0.2) is 0 Å². The molecule has 0 aromatic rings. The number of hydrogen-bond donors (Lipinski definition) is 3. The molecule has 20 heavy (non-hydrogen) atoms. The topological polar surface area (TPSA) is 75.1 Å². The minimum Gasteiger partial charge on any atom is -0.389 e. The summed E-state index contributed by atoms with van der Waals surface area (Å²) < 4.78 is 10.3. The van der Waals surface area contributed by atoms with E-state index in [9.17, 15) is 5.11 Å². The number of aliphatic hydroxyl groups excluding tert-OH is 1. The Morgan fingerprint density at radius 2 is 1.95 bits per heavy atom. The zero-order valence-corrected chi connectivity index (χ0v) is 15.3. The molecule has 122 valence electrons. The molecule has 0 radical (unpaired) electrons. The predicted molar refractivity (Wildman–Crippen MR) is 92.9 cm³/mol. The molecule has 0 rings (SSSR count). The van der Waals surface area contributed by atoms with Gasteiger partial charge in [0.05, 0.1) is 25.9 Å². The summed E-state index contributed by atoms with van der Waals surface area (Å²) in [5, 5.41) is 16.0. The molecule has 0 aliphatic rings. The second-order valence-corrected chi connectivity index (χ2v) is 4.72. The molecule has 1 atom stereocenters. The lowest BCUT2D eigenvalue weighted by atomic mass is 10.2. The molecule has 0 amide bonds. The molecule has 0 heterocycles. The molecule has 7 heteroatoms. The summed E-state index contributed by atoms with van der Waals surface area (Å²) >= 11 is 0. The molecular formula is C13H30IN3O3. The van der Waals surface area contributed by atoms with Crippen LogP contribution in [-0.2, 0) is 9.47 Å². The van der Waals surface area contributed by atoms with Gasteiger partial charge in [0.15, 0.2) is 5.96 Å². The molecule has 0 saturated carbocycles. The Kier molecular flexibility index (Phi) is 16.9. The number of rotatable bonds is 10. The quantitative estimate of drug-likeness (QED) is 0.218. The number of guanidine groups is 1. The molecule has 0 aromatic heterocycles. The molecule has 0 spiro atoms. The third kappa shape index (κ3) is 14.3. The lowest BCUT2D eigenvalue weighted by Crippen LogP contribution is -2.39. The summed E-state index contributed by atoms with van der Waals surface area (Å²) in [5.41, 5.74) is 0. The van der Waals surface area contributed by atoms with E-state index in [1.54, 1.807) is 7.11 Å².